The number of aliphatic hydroxyl groups excluding tert-OH is 1. The molecule has 0 fully saturated rings. The zero-order chi connectivity index (χ0) is 35.7. The molecule has 5 rings (SSSR count). The Hall–Kier alpha value is -4.34. The van der Waals surface area contributed by atoms with Crippen molar-refractivity contribution in [3.8, 4) is 0 Å². The number of alkyl carbamates (subject to hydrolysis) is 1. The summed E-state index contributed by atoms with van der Waals surface area (Å²) < 4.78 is 35.1. The van der Waals surface area contributed by atoms with Gasteiger partial charge in [0, 0.05) is 29.3 Å². The Morgan fingerprint density at radius 2 is 1.68 bits per heavy atom. The maximum atomic E-state index is 14.1. The first-order chi connectivity index (χ1) is 24.1. The second-order valence-electron chi connectivity index (χ2n) is 11.9. The van der Waals surface area contributed by atoms with Crippen LogP contribution in [-0.2, 0) is 19.6 Å². The Morgan fingerprint density at radius 3 is 2.30 bits per heavy atom. The van der Waals surface area contributed by atoms with Crippen LogP contribution in [0.5, 0.6) is 0 Å². The van der Waals surface area contributed by atoms with Crippen molar-refractivity contribution in [1.29, 1.82) is 0 Å². The highest BCUT2D eigenvalue weighted by atomic mass is 32.2. The van der Waals surface area contributed by atoms with Gasteiger partial charge in [-0.1, -0.05) is 74.5 Å². The van der Waals surface area contributed by atoms with E-state index in [1.54, 1.807) is 36.0 Å². The minimum atomic E-state index is -3.99. The SMILES string of the molecule is COC(=O)N[C@H](C(=O)Nc1cnccc1SC[C@@H](CO)N(CC(C)C)S(=O)(=O)c1ccc2ncsc2c1)C(c1ccccc1)c1ccccc1. The Kier molecular flexibility index (Phi) is 12.6. The number of methoxy groups -OCH3 is 1. The van der Waals surface area contributed by atoms with Gasteiger partial charge in [-0.05, 0) is 41.3 Å². The van der Waals surface area contributed by atoms with Gasteiger partial charge in [-0.15, -0.1) is 23.1 Å². The average Bonchev–Trinajstić information content (AvgIpc) is 3.61. The molecule has 262 valence electrons. The third-order valence-corrected chi connectivity index (χ3v) is 11.9. The second kappa shape index (κ2) is 17.1. The standard InChI is InChI=1S/C36H39N5O6S3/c1-24(2)20-41(50(45,46)28-14-15-29-32(18-28)49-23-38-29)27(21-42)22-48-31-16-17-37-19-30(31)39-35(43)34(40-36(44)47-3)33(25-10-6-4-7-11-25)26-12-8-5-9-13-26/h4-19,23-24,27,33-34,42H,20-22H2,1-3H3,(H,39,43)(H,40,44)/t27-,34+/m1/s1. The number of aromatic nitrogens is 2. The lowest BCUT2D eigenvalue weighted by Gasteiger charge is -2.31. The van der Waals surface area contributed by atoms with E-state index in [4.69, 9.17) is 4.74 Å². The van der Waals surface area contributed by atoms with Crippen LogP contribution in [0.3, 0.4) is 0 Å². The summed E-state index contributed by atoms with van der Waals surface area (Å²) >= 11 is 2.64. The van der Waals surface area contributed by atoms with Crippen molar-refractivity contribution in [3.05, 3.63) is 114 Å². The van der Waals surface area contributed by atoms with Gasteiger partial charge in [-0.25, -0.2) is 18.2 Å². The highest BCUT2D eigenvalue weighted by Gasteiger charge is 2.35. The van der Waals surface area contributed by atoms with Crippen molar-refractivity contribution in [2.75, 3.05) is 31.3 Å². The van der Waals surface area contributed by atoms with E-state index in [0.29, 0.717) is 16.1 Å². The number of ether oxygens (including phenoxy) is 1. The molecule has 11 nitrogen and oxygen atoms in total. The smallest absolute Gasteiger partial charge is 0.407 e. The number of anilines is 1. The molecule has 0 unspecified atom stereocenters. The maximum absolute atomic E-state index is 14.1. The number of benzene rings is 3. The van der Waals surface area contributed by atoms with Crippen LogP contribution in [0.4, 0.5) is 10.5 Å². The largest absolute Gasteiger partial charge is 0.453 e. The predicted octanol–water partition coefficient (Wildman–Crippen LogP) is 5.99. The highest BCUT2D eigenvalue weighted by molar-refractivity contribution is 7.99. The molecule has 0 radical (unpaired) electrons. The summed E-state index contributed by atoms with van der Waals surface area (Å²) in [6.07, 6.45) is 2.30. The summed E-state index contributed by atoms with van der Waals surface area (Å²) in [5.74, 6) is -0.919. The number of carbonyl (C=O) groups is 2. The van der Waals surface area contributed by atoms with E-state index >= 15 is 0 Å². The Bertz CT molecular complexity index is 1950. The Balaban J connectivity index is 1.41. The molecule has 2 heterocycles. The maximum Gasteiger partial charge on any atom is 0.407 e. The Labute approximate surface area is 300 Å². The van der Waals surface area contributed by atoms with Crippen LogP contribution in [0, 0.1) is 5.92 Å². The summed E-state index contributed by atoms with van der Waals surface area (Å²) in [5, 5.41) is 16.2. The van der Waals surface area contributed by atoms with Crippen LogP contribution in [0.2, 0.25) is 0 Å². The Morgan fingerprint density at radius 1 is 1.00 bits per heavy atom. The van der Waals surface area contributed by atoms with Crippen molar-refractivity contribution in [2.24, 2.45) is 5.92 Å². The molecule has 0 spiro atoms. The zero-order valence-corrected chi connectivity index (χ0v) is 30.3. The number of amides is 2. The summed E-state index contributed by atoms with van der Waals surface area (Å²) in [4.78, 5) is 35.9. The molecule has 0 saturated carbocycles. The number of pyridine rings is 1. The molecule has 0 aliphatic rings. The topological polar surface area (TPSA) is 151 Å². The highest BCUT2D eigenvalue weighted by Crippen LogP contribution is 2.33. The molecule has 3 N–H and O–H groups in total. The van der Waals surface area contributed by atoms with Gasteiger partial charge in [0.1, 0.15) is 6.04 Å². The zero-order valence-electron chi connectivity index (χ0n) is 27.8. The van der Waals surface area contributed by atoms with E-state index < -0.39 is 46.6 Å². The number of sulfonamides is 1. The molecular weight excluding hydrogens is 695 g/mol. The monoisotopic (exact) mass is 733 g/mol. The minimum absolute atomic E-state index is 0.0202. The lowest BCUT2D eigenvalue weighted by atomic mass is 9.84. The van der Waals surface area contributed by atoms with E-state index in [1.807, 2.05) is 74.5 Å². The molecule has 0 aliphatic heterocycles. The first kappa shape index (κ1) is 36.9. The van der Waals surface area contributed by atoms with Gasteiger partial charge in [0.05, 0.1) is 52.3 Å². The molecule has 2 aromatic heterocycles. The van der Waals surface area contributed by atoms with E-state index in [-0.39, 0.29) is 23.1 Å². The normalized spacial score (nSPS) is 13.0. The number of carbonyl (C=O) groups excluding carboxylic acids is 2. The second-order valence-corrected chi connectivity index (χ2v) is 15.7. The number of nitrogens with zero attached hydrogens (tertiary/aromatic N) is 3. The van der Waals surface area contributed by atoms with Crippen molar-refractivity contribution >= 4 is 61.0 Å². The average molecular weight is 734 g/mol. The number of nitrogens with one attached hydrogen (secondary N) is 2. The molecule has 0 bridgehead atoms. The summed E-state index contributed by atoms with van der Waals surface area (Å²) in [6.45, 7) is 3.61. The first-order valence-corrected chi connectivity index (χ1v) is 19.2. The number of thioether (sulfide) groups is 1. The third-order valence-electron chi connectivity index (χ3n) is 7.93. The summed E-state index contributed by atoms with van der Waals surface area (Å²) in [6, 6.07) is 23.5. The van der Waals surface area contributed by atoms with E-state index in [2.05, 4.69) is 20.6 Å². The van der Waals surface area contributed by atoms with Crippen LogP contribution in [0.1, 0.15) is 30.9 Å². The van der Waals surface area contributed by atoms with Gasteiger partial charge in [0.15, 0.2) is 0 Å². The minimum Gasteiger partial charge on any atom is -0.453 e. The fraction of sp³-hybridized carbons (Fsp3) is 0.278. The van der Waals surface area contributed by atoms with Gasteiger partial charge in [-0.2, -0.15) is 4.31 Å². The van der Waals surface area contributed by atoms with Crippen molar-refractivity contribution < 1.29 is 27.9 Å². The van der Waals surface area contributed by atoms with Crippen molar-refractivity contribution in [2.45, 2.75) is 41.6 Å². The molecule has 3 aromatic carbocycles. The molecule has 5 aromatic rings. The van der Waals surface area contributed by atoms with E-state index in [0.717, 1.165) is 15.8 Å². The van der Waals surface area contributed by atoms with Crippen LogP contribution in [-0.4, -0.2) is 77.9 Å². The fourth-order valence-corrected chi connectivity index (χ4v) is 9.31. The third kappa shape index (κ3) is 8.87. The van der Waals surface area contributed by atoms with Crippen molar-refractivity contribution in [1.82, 2.24) is 19.6 Å². The summed E-state index contributed by atoms with van der Waals surface area (Å²) in [7, 11) is -2.76. The number of rotatable bonds is 15. The van der Waals surface area contributed by atoms with Gasteiger partial charge >= 0.3 is 6.09 Å². The molecular formula is C36H39N5O6S3. The molecule has 50 heavy (non-hydrogen) atoms. The van der Waals surface area contributed by atoms with Gasteiger partial charge < -0.3 is 20.5 Å². The van der Waals surface area contributed by atoms with E-state index in [9.17, 15) is 23.1 Å². The fourth-order valence-electron chi connectivity index (χ4n) is 5.54. The summed E-state index contributed by atoms with van der Waals surface area (Å²) in [5.41, 5.74) is 4.37. The lowest BCUT2D eigenvalue weighted by molar-refractivity contribution is -0.118. The molecule has 14 heteroatoms. The van der Waals surface area contributed by atoms with Gasteiger partial charge in [0.2, 0.25) is 15.9 Å². The predicted molar refractivity (Wildman–Crippen MR) is 197 cm³/mol. The van der Waals surface area contributed by atoms with E-state index in [1.165, 1.54) is 40.7 Å². The number of fused-ring (bicyclic) bond motifs is 1. The van der Waals surface area contributed by atoms with Crippen LogP contribution < -0.4 is 10.6 Å². The van der Waals surface area contributed by atoms with Gasteiger partial charge in [0.25, 0.3) is 0 Å². The van der Waals surface area contributed by atoms with Crippen molar-refractivity contribution in [3.63, 3.8) is 0 Å². The number of hydrogen-bond donors (Lipinski definition) is 3. The number of hydrogen-bond acceptors (Lipinski definition) is 10. The molecule has 0 saturated heterocycles. The van der Waals surface area contributed by atoms with Crippen LogP contribution in [0.25, 0.3) is 10.2 Å². The number of thiazole rings is 1. The molecule has 0 aliphatic carbocycles. The molecule has 2 atom stereocenters. The number of aliphatic hydroxyl groups is 1. The van der Waals surface area contributed by atoms with Crippen LogP contribution in [0.15, 0.2) is 113 Å². The lowest BCUT2D eigenvalue weighted by Crippen LogP contribution is -2.48. The van der Waals surface area contributed by atoms with Gasteiger partial charge in [-0.3, -0.25) is 9.78 Å². The molecule has 2 amide bonds. The quantitative estimate of drug-likeness (QED) is 0.110. The first-order valence-electron chi connectivity index (χ1n) is 15.9. The van der Waals surface area contributed by atoms with Crippen LogP contribution >= 0.6 is 23.1 Å².